The molecule has 1 fully saturated rings. The number of hydrogen-bond donors (Lipinski definition) is 6. The zero-order chi connectivity index (χ0) is 38.0. The average Bonchev–Trinajstić information content (AvgIpc) is 3.64. The fourth-order valence-electron chi connectivity index (χ4n) is 7.03. The molecule has 0 radical (unpaired) electrons. The Morgan fingerprint density at radius 2 is 1.60 bits per heavy atom. The number of carbonyl (C=O) groups excluding carboxylic acids is 3. The largest absolute Gasteiger partial charge is 0.444 e. The lowest BCUT2D eigenvalue weighted by atomic mass is 9.81. The van der Waals surface area contributed by atoms with Crippen molar-refractivity contribution >= 4 is 45.5 Å². The van der Waals surface area contributed by atoms with Crippen molar-refractivity contribution in [3.8, 4) is 11.1 Å². The molecule has 5 aromatic rings. The number of aryl methyl sites for hydroxylation is 1. The molecule has 280 valence electrons. The summed E-state index contributed by atoms with van der Waals surface area (Å²) in [6.45, 7) is 11.8. The van der Waals surface area contributed by atoms with Gasteiger partial charge in [-0.3, -0.25) is 19.5 Å². The number of aromatic nitrogens is 4. The minimum Gasteiger partial charge on any atom is -0.444 e. The molecule has 13 heteroatoms. The van der Waals surface area contributed by atoms with E-state index in [-0.39, 0.29) is 47.4 Å². The van der Waals surface area contributed by atoms with Gasteiger partial charge in [0, 0.05) is 30.6 Å². The van der Waals surface area contributed by atoms with Gasteiger partial charge in [-0.2, -0.15) is 0 Å². The number of fused-ring (bicyclic) bond motifs is 2. The van der Waals surface area contributed by atoms with Crippen LogP contribution < -0.4 is 27.2 Å². The zero-order valence-corrected chi connectivity index (χ0v) is 31.1. The van der Waals surface area contributed by atoms with Gasteiger partial charge in [-0.1, -0.05) is 24.3 Å². The van der Waals surface area contributed by atoms with E-state index in [1.54, 1.807) is 22.9 Å². The third-order valence-corrected chi connectivity index (χ3v) is 9.84. The molecule has 0 aliphatic heterocycles. The number of anilines is 1. The minimum absolute atomic E-state index is 0.00675. The van der Waals surface area contributed by atoms with Gasteiger partial charge in [-0.25, -0.2) is 14.3 Å². The highest BCUT2D eigenvalue weighted by atomic mass is 16.6. The molecule has 0 saturated heterocycles. The Labute approximate surface area is 307 Å². The molecule has 2 aromatic heterocycles. The Bertz CT molecular complexity index is 2250. The molecule has 0 spiro atoms. The number of carbonyl (C=O) groups is 3. The molecule has 6 rings (SSSR count). The SMILES string of the molecule is Cc1cc2c(=O)n(C(C)C)[nH]c2cc1-c1ccc(C[C@H](NC(=O)C2CCC(CNC(=O)OC(C)(C)C)CC2)C(=O)Nc2ccc3[nH]c(=O)[nH]c3c2)cc1. The van der Waals surface area contributed by atoms with Gasteiger partial charge in [0.15, 0.2) is 0 Å². The monoisotopic (exact) mass is 723 g/mol. The molecule has 13 nitrogen and oxygen atoms in total. The molecule has 3 amide bonds. The van der Waals surface area contributed by atoms with Crippen molar-refractivity contribution in [2.75, 3.05) is 11.9 Å². The lowest BCUT2D eigenvalue weighted by molar-refractivity contribution is -0.130. The van der Waals surface area contributed by atoms with E-state index in [1.165, 1.54) is 0 Å². The number of imidazole rings is 1. The quantitative estimate of drug-likeness (QED) is 0.102. The van der Waals surface area contributed by atoms with Crippen LogP contribution in [-0.4, -0.2) is 55.8 Å². The lowest BCUT2D eigenvalue weighted by Crippen LogP contribution is -2.48. The molecule has 1 atom stereocenters. The summed E-state index contributed by atoms with van der Waals surface area (Å²) in [4.78, 5) is 69.7. The summed E-state index contributed by atoms with van der Waals surface area (Å²) < 4.78 is 6.97. The molecular weight excluding hydrogens is 674 g/mol. The summed E-state index contributed by atoms with van der Waals surface area (Å²) in [5.41, 5.74) is 5.24. The van der Waals surface area contributed by atoms with Gasteiger partial charge in [0.05, 0.1) is 21.9 Å². The van der Waals surface area contributed by atoms with Crippen LogP contribution in [0.25, 0.3) is 33.1 Å². The van der Waals surface area contributed by atoms with Gasteiger partial charge >= 0.3 is 11.8 Å². The third-order valence-electron chi connectivity index (χ3n) is 9.84. The van der Waals surface area contributed by atoms with Crippen molar-refractivity contribution in [3.05, 3.63) is 86.6 Å². The highest BCUT2D eigenvalue weighted by Crippen LogP contribution is 2.30. The van der Waals surface area contributed by atoms with E-state index in [0.717, 1.165) is 40.6 Å². The summed E-state index contributed by atoms with van der Waals surface area (Å²) in [7, 11) is 0. The number of alkyl carbamates (subject to hydrolysis) is 1. The van der Waals surface area contributed by atoms with E-state index in [1.807, 2.05) is 77.9 Å². The van der Waals surface area contributed by atoms with E-state index >= 15 is 0 Å². The van der Waals surface area contributed by atoms with Crippen molar-refractivity contribution in [1.29, 1.82) is 0 Å². The third kappa shape index (κ3) is 8.90. The van der Waals surface area contributed by atoms with Crippen LogP contribution in [0.4, 0.5) is 10.5 Å². The predicted molar refractivity (Wildman–Crippen MR) is 206 cm³/mol. The fourth-order valence-corrected chi connectivity index (χ4v) is 7.03. The Balaban J connectivity index is 1.16. The average molecular weight is 724 g/mol. The van der Waals surface area contributed by atoms with Crippen molar-refractivity contribution in [3.63, 3.8) is 0 Å². The molecular formula is C40H49N7O6. The molecule has 6 N–H and O–H groups in total. The maximum atomic E-state index is 13.8. The highest BCUT2D eigenvalue weighted by molar-refractivity contribution is 5.99. The summed E-state index contributed by atoms with van der Waals surface area (Å²) in [5.74, 6) is -0.591. The van der Waals surface area contributed by atoms with Crippen LogP contribution in [0, 0.1) is 18.8 Å². The first-order valence-corrected chi connectivity index (χ1v) is 18.3. The number of nitrogens with one attached hydrogen (secondary N) is 6. The molecule has 53 heavy (non-hydrogen) atoms. The molecule has 1 saturated carbocycles. The number of aromatic amines is 3. The molecule has 1 aliphatic carbocycles. The first-order valence-electron chi connectivity index (χ1n) is 18.3. The van der Waals surface area contributed by atoms with Crippen molar-refractivity contribution < 1.29 is 19.1 Å². The molecule has 1 aliphatic rings. The van der Waals surface area contributed by atoms with Gasteiger partial charge in [0.25, 0.3) is 5.56 Å². The number of ether oxygens (including phenoxy) is 1. The van der Waals surface area contributed by atoms with Crippen LogP contribution in [0.2, 0.25) is 0 Å². The van der Waals surface area contributed by atoms with E-state index in [9.17, 15) is 24.0 Å². The lowest BCUT2D eigenvalue weighted by Gasteiger charge is -2.29. The zero-order valence-electron chi connectivity index (χ0n) is 31.1. The number of hydrogen-bond acceptors (Lipinski definition) is 6. The summed E-state index contributed by atoms with van der Waals surface area (Å²) >= 11 is 0. The summed E-state index contributed by atoms with van der Waals surface area (Å²) in [6, 6.07) is 16.0. The van der Waals surface area contributed by atoms with E-state index < -0.39 is 17.7 Å². The van der Waals surface area contributed by atoms with Crippen LogP contribution in [-0.2, 0) is 20.7 Å². The van der Waals surface area contributed by atoms with Gasteiger partial charge in [0.2, 0.25) is 11.8 Å². The van der Waals surface area contributed by atoms with E-state index in [4.69, 9.17) is 4.74 Å². The van der Waals surface area contributed by atoms with Gasteiger partial charge in [0.1, 0.15) is 11.6 Å². The molecule has 0 unspecified atom stereocenters. The van der Waals surface area contributed by atoms with Gasteiger partial charge < -0.3 is 30.7 Å². The highest BCUT2D eigenvalue weighted by Gasteiger charge is 2.30. The van der Waals surface area contributed by atoms with E-state index in [0.29, 0.717) is 41.5 Å². The Morgan fingerprint density at radius 3 is 2.28 bits per heavy atom. The van der Waals surface area contributed by atoms with Crippen LogP contribution in [0.1, 0.15) is 77.5 Å². The first kappa shape index (κ1) is 37.2. The Kier molecular flexibility index (Phi) is 10.6. The number of amides is 3. The van der Waals surface area contributed by atoms with Crippen LogP contribution in [0.5, 0.6) is 0 Å². The standard InChI is InChI=1S/C40H49N7O6/c1-22(2)47-37(50)30-17-23(3)29(20-32(30)46-47)26-11-7-24(8-12-26)18-34(36(49)42-28-15-16-31-33(19-28)45-38(51)44-31)43-35(48)27-13-9-25(10-14-27)21-41-39(52)53-40(4,5)6/h7-8,11-12,15-17,19-20,22,25,27,34,46H,9-10,13-14,18,21H2,1-6H3,(H,41,52)(H,42,49)(H,43,48)(H2,44,45,51)/t25?,27?,34-/m0/s1. The maximum absolute atomic E-state index is 13.8. The van der Waals surface area contributed by atoms with Gasteiger partial charge in [-0.05, 0) is 126 Å². The number of nitrogens with zero attached hydrogens (tertiary/aromatic N) is 1. The predicted octanol–water partition coefficient (Wildman–Crippen LogP) is 6.05. The maximum Gasteiger partial charge on any atom is 0.407 e. The number of benzene rings is 3. The van der Waals surface area contributed by atoms with Crippen LogP contribution in [0.3, 0.4) is 0 Å². The number of rotatable bonds is 10. The summed E-state index contributed by atoms with van der Waals surface area (Å²) in [6.07, 6.45) is 2.62. The molecule has 3 aromatic carbocycles. The second-order valence-electron chi connectivity index (χ2n) is 15.5. The summed E-state index contributed by atoms with van der Waals surface area (Å²) in [5, 5.41) is 12.7. The van der Waals surface area contributed by atoms with E-state index in [2.05, 4.69) is 31.0 Å². The molecule has 0 bridgehead atoms. The van der Waals surface area contributed by atoms with Crippen LogP contribution in [0.15, 0.2) is 64.2 Å². The van der Waals surface area contributed by atoms with Crippen LogP contribution >= 0.6 is 0 Å². The Hall–Kier alpha value is -5.59. The topological polar surface area (TPSA) is 183 Å². The smallest absolute Gasteiger partial charge is 0.407 e. The number of H-pyrrole nitrogens is 3. The van der Waals surface area contributed by atoms with Gasteiger partial charge in [-0.15, -0.1) is 0 Å². The second kappa shape index (κ2) is 15.2. The Morgan fingerprint density at radius 1 is 0.906 bits per heavy atom. The minimum atomic E-state index is -0.875. The normalized spacial score (nSPS) is 16.8. The van der Waals surface area contributed by atoms with Crippen molar-refractivity contribution in [2.24, 2.45) is 11.8 Å². The fraction of sp³-hybridized carbons (Fsp3) is 0.425. The van der Waals surface area contributed by atoms with Crippen molar-refractivity contribution in [1.82, 2.24) is 30.4 Å². The second-order valence-corrected chi connectivity index (χ2v) is 15.5. The molecule has 2 heterocycles. The van der Waals surface area contributed by atoms with Crippen molar-refractivity contribution in [2.45, 2.75) is 91.3 Å². The first-order chi connectivity index (χ1) is 25.1.